The maximum atomic E-state index is 12.8. The van der Waals surface area contributed by atoms with Gasteiger partial charge in [-0.15, -0.1) is 0 Å². The largest absolute Gasteiger partial charge is 0.472 e. The molecule has 1 aliphatic carbocycles. The highest BCUT2D eigenvalue weighted by atomic mass is 31.2. The molecule has 18 nitrogen and oxygen atoms in total. The molecule has 9 atom stereocenters. The molecule has 0 amide bonds. The summed E-state index contributed by atoms with van der Waals surface area (Å²) in [6.07, 6.45) is 24.7. The topological polar surface area (TPSA) is 285 Å². The second kappa shape index (κ2) is 39.5. The number of hydrogen-bond acceptors (Lipinski definition) is 15. The molecular weight excluding hydrogens is 926 g/mol. The molecule has 0 aromatic heterocycles. The summed E-state index contributed by atoms with van der Waals surface area (Å²) >= 11 is 0. The van der Waals surface area contributed by atoms with E-state index in [1.165, 1.54) is 57.8 Å². The standard InChI is InChI=1S/C48H86O18P2/c1-3-5-7-9-11-13-15-17-19-21-23-25-27-29-31-33-41(50)62-38-40(64-42(51)34-32-30-28-26-24-22-20-18-16-14-12-10-8-6-4-2)37-61-35-39(49)36-63-68(59,60)66-48-45(54)43(52)44(53)47(46(48)55)65-67(56,57)58/h12-15,18,20,24,26,39-40,43-49,52-55H,3-11,16-17,19,21-23,25,27-38H2,1-2H3,(H,59,60)(H2,56,57,58). The van der Waals surface area contributed by atoms with Crippen LogP contribution >= 0.6 is 15.6 Å². The third-order valence-corrected chi connectivity index (χ3v) is 12.5. The Kier molecular flexibility index (Phi) is 37.1. The van der Waals surface area contributed by atoms with Gasteiger partial charge in [0.05, 0.1) is 19.8 Å². The zero-order valence-corrected chi connectivity index (χ0v) is 42.4. The van der Waals surface area contributed by atoms with Gasteiger partial charge in [0.25, 0.3) is 0 Å². The Morgan fingerprint density at radius 2 is 0.956 bits per heavy atom. The Morgan fingerprint density at radius 3 is 1.53 bits per heavy atom. The fourth-order valence-electron chi connectivity index (χ4n) is 7.12. The van der Waals surface area contributed by atoms with E-state index >= 15 is 0 Å². The molecule has 396 valence electrons. The number of phosphoric acid groups is 2. The Morgan fingerprint density at radius 1 is 0.515 bits per heavy atom. The van der Waals surface area contributed by atoms with Gasteiger partial charge in [-0.25, -0.2) is 9.13 Å². The normalized spacial score (nSPS) is 22.1. The lowest BCUT2D eigenvalue weighted by Crippen LogP contribution is -2.64. The molecule has 0 bridgehead atoms. The van der Waals surface area contributed by atoms with Gasteiger partial charge < -0.3 is 54.4 Å². The van der Waals surface area contributed by atoms with Crippen molar-refractivity contribution in [1.29, 1.82) is 0 Å². The van der Waals surface area contributed by atoms with Crippen LogP contribution in [0.2, 0.25) is 0 Å². The molecule has 1 aliphatic rings. The molecule has 1 saturated carbocycles. The molecule has 0 aromatic rings. The highest BCUT2D eigenvalue weighted by Crippen LogP contribution is 2.48. The predicted octanol–water partition coefficient (Wildman–Crippen LogP) is 7.88. The number of allylic oxidation sites excluding steroid dienone is 8. The number of carbonyl (C=O) groups excluding carboxylic acids is 2. The van der Waals surface area contributed by atoms with Crippen LogP contribution in [0.25, 0.3) is 0 Å². The molecule has 8 N–H and O–H groups in total. The number of esters is 2. The number of ether oxygens (including phenoxy) is 3. The van der Waals surface area contributed by atoms with Crippen LogP contribution in [0.5, 0.6) is 0 Å². The van der Waals surface area contributed by atoms with Crippen molar-refractivity contribution >= 4 is 27.6 Å². The second-order valence-corrected chi connectivity index (χ2v) is 19.9. The summed E-state index contributed by atoms with van der Waals surface area (Å²) in [6.45, 7) is 2.31. The highest BCUT2D eigenvalue weighted by Gasteiger charge is 2.54. The van der Waals surface area contributed by atoms with Crippen molar-refractivity contribution in [3.05, 3.63) is 48.6 Å². The van der Waals surface area contributed by atoms with Crippen LogP contribution in [-0.4, -0.2) is 127 Å². The predicted molar refractivity (Wildman–Crippen MR) is 258 cm³/mol. The molecule has 0 heterocycles. The number of phosphoric ester groups is 2. The first-order valence-electron chi connectivity index (χ1n) is 24.8. The first-order valence-corrected chi connectivity index (χ1v) is 27.9. The minimum Gasteiger partial charge on any atom is -0.462 e. The summed E-state index contributed by atoms with van der Waals surface area (Å²) in [5.41, 5.74) is 0. The SMILES string of the molecule is CCCCCC=CCC=CCC=CCCCCC(=O)OC(COCC(O)COP(=O)(O)OC1C(O)C(O)C(O)C(OP(=O)(O)O)C1O)COC(=O)CCCCCCCCCC=CCCCCCC. The Labute approximate surface area is 405 Å². The van der Waals surface area contributed by atoms with Gasteiger partial charge in [0, 0.05) is 12.8 Å². The zero-order chi connectivity index (χ0) is 50.5. The number of aliphatic hydroxyl groups is 5. The van der Waals surface area contributed by atoms with Gasteiger partial charge in [-0.05, 0) is 77.0 Å². The molecule has 20 heteroatoms. The maximum Gasteiger partial charge on any atom is 0.472 e. The average molecular weight is 1010 g/mol. The molecular formula is C48H86O18P2. The monoisotopic (exact) mass is 1010 g/mol. The van der Waals surface area contributed by atoms with E-state index in [0.29, 0.717) is 12.8 Å². The van der Waals surface area contributed by atoms with Crippen LogP contribution in [0.3, 0.4) is 0 Å². The van der Waals surface area contributed by atoms with Crippen LogP contribution in [0.4, 0.5) is 0 Å². The summed E-state index contributed by atoms with van der Waals surface area (Å²) < 4.78 is 54.2. The van der Waals surface area contributed by atoms with E-state index in [1.807, 2.05) is 0 Å². The van der Waals surface area contributed by atoms with Gasteiger partial charge in [0.1, 0.15) is 49.3 Å². The van der Waals surface area contributed by atoms with Crippen molar-refractivity contribution in [3.8, 4) is 0 Å². The lowest BCUT2D eigenvalue weighted by atomic mass is 9.85. The maximum absolute atomic E-state index is 12.8. The number of aliphatic hydroxyl groups excluding tert-OH is 5. The number of hydrogen-bond donors (Lipinski definition) is 8. The van der Waals surface area contributed by atoms with E-state index in [0.717, 1.165) is 70.6 Å². The number of carbonyl (C=O) groups is 2. The van der Waals surface area contributed by atoms with E-state index < -0.39 is 89.6 Å². The number of rotatable bonds is 42. The first-order chi connectivity index (χ1) is 32.5. The molecule has 0 aromatic carbocycles. The minimum absolute atomic E-state index is 0.105. The van der Waals surface area contributed by atoms with Crippen molar-refractivity contribution in [2.24, 2.45) is 0 Å². The van der Waals surface area contributed by atoms with E-state index in [4.69, 9.17) is 33.0 Å². The van der Waals surface area contributed by atoms with Gasteiger partial charge in [0.2, 0.25) is 0 Å². The van der Waals surface area contributed by atoms with Crippen molar-refractivity contribution < 1.29 is 86.7 Å². The van der Waals surface area contributed by atoms with Crippen molar-refractivity contribution in [3.63, 3.8) is 0 Å². The van der Waals surface area contributed by atoms with Crippen molar-refractivity contribution in [2.45, 2.75) is 217 Å². The molecule has 0 radical (unpaired) electrons. The Hall–Kier alpha value is -2.12. The van der Waals surface area contributed by atoms with Gasteiger partial charge in [-0.3, -0.25) is 23.2 Å². The lowest BCUT2D eigenvalue weighted by molar-refractivity contribution is -0.216. The van der Waals surface area contributed by atoms with Gasteiger partial charge in [0.15, 0.2) is 6.10 Å². The quantitative estimate of drug-likeness (QED) is 0.0125. The van der Waals surface area contributed by atoms with E-state index in [1.54, 1.807) is 0 Å². The molecule has 9 unspecified atom stereocenters. The van der Waals surface area contributed by atoms with Crippen molar-refractivity contribution in [1.82, 2.24) is 0 Å². The fraction of sp³-hybridized carbons (Fsp3) is 0.792. The molecule has 0 saturated heterocycles. The lowest BCUT2D eigenvalue weighted by Gasteiger charge is -2.43. The van der Waals surface area contributed by atoms with Crippen LogP contribution in [0.15, 0.2) is 48.6 Å². The van der Waals surface area contributed by atoms with Gasteiger partial charge in [-0.2, -0.15) is 0 Å². The third-order valence-electron chi connectivity index (χ3n) is 11.0. The molecule has 1 fully saturated rings. The molecule has 0 aliphatic heterocycles. The Balaban J connectivity index is 2.59. The molecule has 68 heavy (non-hydrogen) atoms. The van der Waals surface area contributed by atoms with E-state index in [9.17, 15) is 49.1 Å². The second-order valence-electron chi connectivity index (χ2n) is 17.3. The molecule has 0 spiro atoms. The van der Waals surface area contributed by atoms with Crippen LogP contribution in [0.1, 0.15) is 168 Å². The zero-order valence-electron chi connectivity index (χ0n) is 40.6. The van der Waals surface area contributed by atoms with Crippen molar-refractivity contribution in [2.75, 3.05) is 26.4 Å². The fourth-order valence-corrected chi connectivity index (χ4v) is 8.66. The summed E-state index contributed by atoms with van der Waals surface area (Å²) in [4.78, 5) is 53.8. The number of unbranched alkanes of at least 4 members (excludes halogenated alkanes) is 16. The minimum atomic E-state index is -5.36. The summed E-state index contributed by atoms with van der Waals surface area (Å²) in [7, 11) is -10.6. The Bertz CT molecular complexity index is 1520. The summed E-state index contributed by atoms with van der Waals surface area (Å²) in [6, 6.07) is 0. The smallest absolute Gasteiger partial charge is 0.462 e. The average Bonchev–Trinajstić information content (AvgIpc) is 3.29. The van der Waals surface area contributed by atoms with Crippen LogP contribution in [0, 0.1) is 0 Å². The third kappa shape index (κ3) is 33.5. The van der Waals surface area contributed by atoms with Crippen LogP contribution < -0.4 is 0 Å². The van der Waals surface area contributed by atoms with E-state index in [-0.39, 0.29) is 26.1 Å². The van der Waals surface area contributed by atoms with Crippen LogP contribution in [-0.2, 0) is 46.5 Å². The first kappa shape index (κ1) is 63.9. The van der Waals surface area contributed by atoms with E-state index in [2.05, 4.69) is 67.0 Å². The van der Waals surface area contributed by atoms with Gasteiger partial charge >= 0.3 is 27.6 Å². The highest BCUT2D eigenvalue weighted by molar-refractivity contribution is 7.47. The van der Waals surface area contributed by atoms with Gasteiger partial charge in [-0.1, -0.05) is 127 Å². The summed E-state index contributed by atoms with van der Waals surface area (Å²) in [5, 5.41) is 51.2. The molecule has 1 rings (SSSR count). The summed E-state index contributed by atoms with van der Waals surface area (Å²) in [5.74, 6) is -1.00.